The van der Waals surface area contributed by atoms with Gasteiger partial charge in [0, 0.05) is 6.42 Å². The van der Waals surface area contributed by atoms with Crippen molar-refractivity contribution in [3.8, 4) is 0 Å². The summed E-state index contributed by atoms with van der Waals surface area (Å²) in [6.07, 6.45) is 1.62. The molecule has 0 unspecified atom stereocenters. The van der Waals surface area contributed by atoms with Gasteiger partial charge in [-0.1, -0.05) is 12.1 Å². The number of aromatic nitrogens is 1. The van der Waals surface area contributed by atoms with E-state index < -0.39 is 5.97 Å². The number of carbonyl (C=O) groups is 2. The summed E-state index contributed by atoms with van der Waals surface area (Å²) in [5.74, 6) is -1.18. The number of pyridine rings is 1. The molecule has 0 fully saturated rings. The topological polar surface area (TPSA) is 79.3 Å². The summed E-state index contributed by atoms with van der Waals surface area (Å²) < 4.78 is 0. The van der Waals surface area contributed by atoms with Crippen molar-refractivity contribution < 1.29 is 14.7 Å². The average molecular weight is 206 g/mol. The van der Waals surface area contributed by atoms with Crippen molar-refractivity contribution >= 4 is 17.7 Å². The number of aromatic carboxylic acids is 1. The molecule has 15 heavy (non-hydrogen) atoms. The first-order valence-electron chi connectivity index (χ1n) is 4.24. The minimum Gasteiger partial charge on any atom is -0.477 e. The minimum absolute atomic E-state index is 0.105. The first-order chi connectivity index (χ1) is 7.13. The maximum absolute atomic E-state index is 11.1. The highest BCUT2D eigenvalue weighted by atomic mass is 16.4. The molecule has 0 spiro atoms. The highest BCUT2D eigenvalue weighted by Crippen LogP contribution is 2.05. The number of nitrogens with zero attached hydrogens (tertiary/aromatic N) is 1. The summed E-state index contributed by atoms with van der Waals surface area (Å²) >= 11 is 0. The number of rotatable bonds is 4. The van der Waals surface area contributed by atoms with Crippen molar-refractivity contribution in [3.05, 3.63) is 36.5 Å². The molecule has 0 bridgehead atoms. The van der Waals surface area contributed by atoms with E-state index in [0.29, 0.717) is 0 Å². The van der Waals surface area contributed by atoms with Gasteiger partial charge in [-0.15, -0.1) is 6.58 Å². The third-order valence-electron chi connectivity index (χ3n) is 1.57. The Kier molecular flexibility index (Phi) is 3.56. The van der Waals surface area contributed by atoms with E-state index in [-0.39, 0.29) is 23.8 Å². The second-order valence-corrected chi connectivity index (χ2v) is 2.75. The number of carbonyl (C=O) groups excluding carboxylic acids is 1. The van der Waals surface area contributed by atoms with E-state index in [2.05, 4.69) is 16.9 Å². The summed E-state index contributed by atoms with van der Waals surface area (Å²) in [6, 6.07) is 4.39. The number of anilines is 1. The Hall–Kier alpha value is -2.17. The number of carboxylic acid groups (broad SMARTS) is 1. The highest BCUT2D eigenvalue weighted by molar-refractivity contribution is 5.91. The van der Waals surface area contributed by atoms with E-state index in [1.54, 1.807) is 0 Å². The van der Waals surface area contributed by atoms with Crippen LogP contribution in [0.2, 0.25) is 0 Å². The number of nitrogens with one attached hydrogen (secondary N) is 1. The van der Waals surface area contributed by atoms with E-state index in [4.69, 9.17) is 5.11 Å². The van der Waals surface area contributed by atoms with Crippen LogP contribution in [0, 0.1) is 0 Å². The van der Waals surface area contributed by atoms with Crippen molar-refractivity contribution in [2.75, 3.05) is 5.32 Å². The molecule has 0 saturated carbocycles. The van der Waals surface area contributed by atoms with Gasteiger partial charge in [0.05, 0.1) is 0 Å². The van der Waals surface area contributed by atoms with Crippen molar-refractivity contribution in [1.82, 2.24) is 4.98 Å². The highest BCUT2D eigenvalue weighted by Gasteiger charge is 2.06. The normalized spacial score (nSPS) is 9.33. The lowest BCUT2D eigenvalue weighted by Crippen LogP contribution is -2.12. The van der Waals surface area contributed by atoms with Crippen LogP contribution in [0.15, 0.2) is 30.9 Å². The predicted molar refractivity (Wildman–Crippen MR) is 54.6 cm³/mol. The smallest absolute Gasteiger partial charge is 0.354 e. The van der Waals surface area contributed by atoms with Crippen molar-refractivity contribution in [1.29, 1.82) is 0 Å². The fourth-order valence-corrected chi connectivity index (χ4v) is 0.948. The summed E-state index contributed by atoms with van der Waals surface area (Å²) in [7, 11) is 0. The maximum Gasteiger partial charge on any atom is 0.354 e. The Morgan fingerprint density at radius 2 is 2.27 bits per heavy atom. The predicted octanol–water partition coefficient (Wildman–Crippen LogP) is 1.29. The van der Waals surface area contributed by atoms with Gasteiger partial charge in [-0.25, -0.2) is 9.78 Å². The zero-order chi connectivity index (χ0) is 11.3. The standard InChI is InChI=1S/C10H10N2O3/c1-2-4-9(13)12-8-6-3-5-7(11-8)10(14)15/h2-3,5-6H,1,4H2,(H,14,15)(H,11,12,13). The summed E-state index contributed by atoms with van der Waals surface area (Å²) in [5.41, 5.74) is -0.105. The fraction of sp³-hybridized carbons (Fsp3) is 0.100. The van der Waals surface area contributed by atoms with E-state index >= 15 is 0 Å². The molecular formula is C10H10N2O3. The number of carboxylic acids is 1. The zero-order valence-corrected chi connectivity index (χ0v) is 7.93. The number of hydrogen-bond donors (Lipinski definition) is 2. The first kappa shape index (κ1) is 10.9. The SMILES string of the molecule is C=CCC(=O)Nc1cccc(C(=O)O)n1. The molecule has 1 heterocycles. The van der Waals surface area contributed by atoms with E-state index in [9.17, 15) is 9.59 Å². The Bertz CT molecular complexity index is 401. The quantitative estimate of drug-likeness (QED) is 0.727. The van der Waals surface area contributed by atoms with E-state index in [0.717, 1.165) is 0 Å². The van der Waals surface area contributed by atoms with Gasteiger partial charge in [0.15, 0.2) is 5.69 Å². The lowest BCUT2D eigenvalue weighted by atomic mass is 10.3. The Labute approximate surface area is 86.5 Å². The first-order valence-corrected chi connectivity index (χ1v) is 4.24. The van der Waals surface area contributed by atoms with Crippen molar-refractivity contribution in [3.63, 3.8) is 0 Å². The lowest BCUT2D eigenvalue weighted by Gasteiger charge is -2.02. The Balaban J connectivity index is 2.77. The molecule has 1 aromatic rings. The average Bonchev–Trinajstić information content (AvgIpc) is 2.18. The van der Waals surface area contributed by atoms with Crippen LogP contribution in [0.25, 0.3) is 0 Å². The molecule has 0 saturated heterocycles. The second-order valence-electron chi connectivity index (χ2n) is 2.75. The van der Waals surface area contributed by atoms with Crippen LogP contribution in [-0.2, 0) is 4.79 Å². The molecule has 1 aromatic heterocycles. The van der Waals surface area contributed by atoms with Crippen LogP contribution in [0.3, 0.4) is 0 Å². The molecule has 2 N–H and O–H groups in total. The summed E-state index contributed by atoms with van der Waals surface area (Å²) in [4.78, 5) is 25.4. The molecule has 1 amide bonds. The van der Waals surface area contributed by atoms with Gasteiger partial charge in [-0.05, 0) is 12.1 Å². The van der Waals surface area contributed by atoms with Crippen LogP contribution >= 0.6 is 0 Å². The molecule has 1 rings (SSSR count). The minimum atomic E-state index is -1.13. The third kappa shape index (κ3) is 3.22. The van der Waals surface area contributed by atoms with Gasteiger partial charge >= 0.3 is 5.97 Å². The van der Waals surface area contributed by atoms with Gasteiger partial charge in [-0.3, -0.25) is 4.79 Å². The molecule has 5 nitrogen and oxygen atoms in total. The Morgan fingerprint density at radius 3 is 2.87 bits per heavy atom. The monoisotopic (exact) mass is 206 g/mol. The number of hydrogen-bond acceptors (Lipinski definition) is 3. The lowest BCUT2D eigenvalue weighted by molar-refractivity contribution is -0.115. The van der Waals surface area contributed by atoms with Gasteiger partial charge in [-0.2, -0.15) is 0 Å². The molecular weight excluding hydrogens is 196 g/mol. The Morgan fingerprint density at radius 1 is 1.53 bits per heavy atom. The van der Waals surface area contributed by atoms with Crippen LogP contribution in [0.1, 0.15) is 16.9 Å². The zero-order valence-electron chi connectivity index (χ0n) is 7.93. The van der Waals surface area contributed by atoms with Crippen LogP contribution in [0.5, 0.6) is 0 Å². The molecule has 78 valence electrons. The van der Waals surface area contributed by atoms with Gasteiger partial charge < -0.3 is 10.4 Å². The second kappa shape index (κ2) is 4.90. The largest absolute Gasteiger partial charge is 0.477 e. The van der Waals surface area contributed by atoms with Crippen molar-refractivity contribution in [2.24, 2.45) is 0 Å². The summed E-state index contributed by atoms with van der Waals surface area (Å²) in [6.45, 7) is 3.41. The maximum atomic E-state index is 11.1. The molecule has 0 radical (unpaired) electrons. The molecule has 0 aliphatic carbocycles. The van der Waals surface area contributed by atoms with E-state index in [1.807, 2.05) is 0 Å². The third-order valence-corrected chi connectivity index (χ3v) is 1.57. The van der Waals surface area contributed by atoms with Crippen LogP contribution in [0.4, 0.5) is 5.82 Å². The van der Waals surface area contributed by atoms with Crippen molar-refractivity contribution in [2.45, 2.75) is 6.42 Å². The van der Waals surface area contributed by atoms with Gasteiger partial charge in [0.25, 0.3) is 0 Å². The fourth-order valence-electron chi connectivity index (χ4n) is 0.948. The molecule has 0 aliphatic rings. The molecule has 0 atom stereocenters. The molecule has 0 aromatic carbocycles. The van der Waals surface area contributed by atoms with Gasteiger partial charge in [0.2, 0.25) is 5.91 Å². The van der Waals surface area contributed by atoms with E-state index in [1.165, 1.54) is 24.3 Å². The van der Waals surface area contributed by atoms with Gasteiger partial charge in [0.1, 0.15) is 5.82 Å². The van der Waals surface area contributed by atoms with Crippen LogP contribution in [-0.4, -0.2) is 22.0 Å². The number of amides is 1. The van der Waals surface area contributed by atoms with Crippen LogP contribution < -0.4 is 5.32 Å². The molecule has 5 heteroatoms. The summed E-state index contributed by atoms with van der Waals surface area (Å²) in [5, 5.41) is 11.1. The molecule has 0 aliphatic heterocycles.